The van der Waals surface area contributed by atoms with Gasteiger partial charge in [-0.25, -0.2) is 4.98 Å². The third kappa shape index (κ3) is 2.05. The molecule has 1 aliphatic rings. The highest BCUT2D eigenvalue weighted by Gasteiger charge is 2.36. The molecule has 0 saturated carbocycles. The standard InChI is InChI=1S/C14H20ClN3S/c1-3-14(4-2)5-6-17(10-14)12-11(9-15)18-7-8-19-13(18)16-12/h7-8H,3-6,9-10H2,1-2H3. The first-order chi connectivity index (χ1) is 9.23. The molecule has 0 atom stereocenters. The first-order valence-electron chi connectivity index (χ1n) is 6.98. The van der Waals surface area contributed by atoms with E-state index in [1.807, 2.05) is 0 Å². The van der Waals surface area contributed by atoms with Crippen LogP contribution in [-0.4, -0.2) is 22.5 Å². The summed E-state index contributed by atoms with van der Waals surface area (Å²) in [6, 6.07) is 0. The summed E-state index contributed by atoms with van der Waals surface area (Å²) in [6.45, 7) is 6.84. The number of nitrogens with zero attached hydrogens (tertiary/aromatic N) is 3. The van der Waals surface area contributed by atoms with Gasteiger partial charge in [-0.2, -0.15) is 0 Å². The second-order valence-electron chi connectivity index (χ2n) is 5.45. The second kappa shape index (κ2) is 4.98. The normalized spacial score (nSPS) is 18.6. The topological polar surface area (TPSA) is 20.5 Å². The van der Waals surface area contributed by atoms with Crippen LogP contribution in [0.5, 0.6) is 0 Å². The number of aromatic nitrogens is 2. The quantitative estimate of drug-likeness (QED) is 0.790. The molecule has 0 aliphatic carbocycles. The van der Waals surface area contributed by atoms with Crippen molar-refractivity contribution in [1.29, 1.82) is 0 Å². The number of anilines is 1. The van der Waals surface area contributed by atoms with E-state index in [4.69, 9.17) is 16.6 Å². The molecule has 19 heavy (non-hydrogen) atoms. The van der Waals surface area contributed by atoms with Crippen LogP contribution in [0.4, 0.5) is 5.82 Å². The van der Waals surface area contributed by atoms with Gasteiger partial charge in [-0.1, -0.05) is 13.8 Å². The summed E-state index contributed by atoms with van der Waals surface area (Å²) in [5, 5.41) is 2.06. The summed E-state index contributed by atoms with van der Waals surface area (Å²) >= 11 is 7.82. The molecule has 3 heterocycles. The van der Waals surface area contributed by atoms with Crippen LogP contribution in [-0.2, 0) is 5.88 Å². The maximum atomic E-state index is 6.14. The van der Waals surface area contributed by atoms with Gasteiger partial charge in [0, 0.05) is 24.7 Å². The van der Waals surface area contributed by atoms with Crippen LogP contribution in [0.2, 0.25) is 0 Å². The van der Waals surface area contributed by atoms with Crippen molar-refractivity contribution >= 4 is 33.7 Å². The van der Waals surface area contributed by atoms with Crippen molar-refractivity contribution in [2.75, 3.05) is 18.0 Å². The fourth-order valence-corrected chi connectivity index (χ4v) is 4.12. The number of hydrogen-bond donors (Lipinski definition) is 0. The molecular formula is C14H20ClN3S. The summed E-state index contributed by atoms with van der Waals surface area (Å²) in [5.74, 6) is 1.63. The van der Waals surface area contributed by atoms with E-state index in [1.165, 1.54) is 19.3 Å². The van der Waals surface area contributed by atoms with Crippen molar-refractivity contribution in [2.45, 2.75) is 39.0 Å². The number of alkyl halides is 1. The van der Waals surface area contributed by atoms with Gasteiger partial charge in [0.05, 0.1) is 11.6 Å². The van der Waals surface area contributed by atoms with Gasteiger partial charge in [0.2, 0.25) is 0 Å². The third-order valence-corrected chi connectivity index (χ3v) is 5.71. The van der Waals surface area contributed by atoms with Crippen molar-refractivity contribution in [3.8, 4) is 0 Å². The fourth-order valence-electron chi connectivity index (χ4n) is 3.14. The van der Waals surface area contributed by atoms with E-state index >= 15 is 0 Å². The molecule has 0 N–H and O–H groups in total. The molecule has 104 valence electrons. The third-order valence-electron chi connectivity index (χ3n) is 4.70. The van der Waals surface area contributed by atoms with Crippen molar-refractivity contribution in [3.63, 3.8) is 0 Å². The van der Waals surface area contributed by atoms with Gasteiger partial charge in [-0.15, -0.1) is 22.9 Å². The smallest absolute Gasteiger partial charge is 0.195 e. The number of rotatable bonds is 4. The molecule has 0 unspecified atom stereocenters. The van der Waals surface area contributed by atoms with E-state index in [9.17, 15) is 0 Å². The summed E-state index contributed by atoms with van der Waals surface area (Å²) in [5.41, 5.74) is 1.61. The predicted octanol–water partition coefficient (Wildman–Crippen LogP) is 4.15. The molecule has 3 nitrogen and oxygen atoms in total. The van der Waals surface area contributed by atoms with Crippen molar-refractivity contribution < 1.29 is 0 Å². The van der Waals surface area contributed by atoms with Gasteiger partial charge in [0.1, 0.15) is 0 Å². The zero-order chi connectivity index (χ0) is 13.5. The minimum atomic E-state index is 0.473. The Labute approximate surface area is 123 Å². The van der Waals surface area contributed by atoms with E-state index < -0.39 is 0 Å². The van der Waals surface area contributed by atoms with Crippen LogP contribution in [0.1, 0.15) is 38.8 Å². The Morgan fingerprint density at radius 1 is 1.42 bits per heavy atom. The molecule has 0 amide bonds. The highest BCUT2D eigenvalue weighted by Crippen LogP contribution is 2.40. The summed E-state index contributed by atoms with van der Waals surface area (Å²) < 4.78 is 2.13. The molecule has 1 saturated heterocycles. The summed E-state index contributed by atoms with van der Waals surface area (Å²) in [4.78, 5) is 8.27. The SMILES string of the molecule is CCC1(CC)CCN(c2nc3sccn3c2CCl)C1. The molecule has 1 aliphatic heterocycles. The highest BCUT2D eigenvalue weighted by molar-refractivity contribution is 7.15. The van der Waals surface area contributed by atoms with Gasteiger partial charge < -0.3 is 4.90 Å². The minimum absolute atomic E-state index is 0.473. The number of thiazole rings is 1. The van der Waals surface area contributed by atoms with Gasteiger partial charge in [-0.3, -0.25) is 4.40 Å². The molecule has 0 radical (unpaired) electrons. The minimum Gasteiger partial charge on any atom is -0.354 e. The van der Waals surface area contributed by atoms with E-state index in [0.717, 1.165) is 29.6 Å². The van der Waals surface area contributed by atoms with Crippen LogP contribution in [0.15, 0.2) is 11.6 Å². The molecule has 2 aromatic rings. The van der Waals surface area contributed by atoms with Crippen molar-refractivity contribution in [1.82, 2.24) is 9.38 Å². The number of halogens is 1. The van der Waals surface area contributed by atoms with E-state index in [1.54, 1.807) is 11.3 Å². The molecular weight excluding hydrogens is 278 g/mol. The monoisotopic (exact) mass is 297 g/mol. The molecule has 2 aromatic heterocycles. The summed E-state index contributed by atoms with van der Waals surface area (Å²) in [6.07, 6.45) is 5.83. The van der Waals surface area contributed by atoms with Gasteiger partial charge in [0.25, 0.3) is 0 Å². The number of imidazole rings is 1. The fraction of sp³-hybridized carbons (Fsp3) is 0.643. The maximum absolute atomic E-state index is 6.14. The Hall–Kier alpha value is -0.740. The van der Waals surface area contributed by atoms with Gasteiger partial charge in [0.15, 0.2) is 10.8 Å². The molecule has 5 heteroatoms. The molecule has 0 aromatic carbocycles. The average molecular weight is 298 g/mol. The number of hydrogen-bond acceptors (Lipinski definition) is 3. The first kappa shape index (κ1) is 13.3. The Morgan fingerprint density at radius 2 is 2.21 bits per heavy atom. The highest BCUT2D eigenvalue weighted by atomic mass is 35.5. The lowest BCUT2D eigenvalue weighted by Gasteiger charge is -2.26. The molecule has 3 rings (SSSR count). The predicted molar refractivity (Wildman–Crippen MR) is 82.5 cm³/mol. The molecule has 0 spiro atoms. The lowest BCUT2D eigenvalue weighted by molar-refractivity contribution is 0.301. The van der Waals surface area contributed by atoms with Crippen molar-refractivity contribution in [3.05, 3.63) is 17.3 Å². The maximum Gasteiger partial charge on any atom is 0.195 e. The van der Waals surface area contributed by atoms with E-state index in [2.05, 4.69) is 34.7 Å². The average Bonchev–Trinajstić information content (AvgIpc) is 3.12. The van der Waals surface area contributed by atoms with E-state index in [0.29, 0.717) is 11.3 Å². The largest absolute Gasteiger partial charge is 0.354 e. The lowest BCUT2D eigenvalue weighted by Crippen LogP contribution is -2.27. The molecule has 0 bridgehead atoms. The van der Waals surface area contributed by atoms with E-state index in [-0.39, 0.29) is 0 Å². The summed E-state index contributed by atoms with van der Waals surface area (Å²) in [7, 11) is 0. The Balaban J connectivity index is 1.95. The zero-order valence-electron chi connectivity index (χ0n) is 11.5. The molecule has 1 fully saturated rings. The van der Waals surface area contributed by atoms with Crippen LogP contribution >= 0.6 is 22.9 Å². The van der Waals surface area contributed by atoms with Crippen LogP contribution < -0.4 is 4.90 Å². The Kier molecular flexibility index (Phi) is 3.48. The van der Waals surface area contributed by atoms with Crippen LogP contribution in [0, 0.1) is 5.41 Å². The Bertz CT molecular complexity index is 570. The van der Waals surface area contributed by atoms with Gasteiger partial charge >= 0.3 is 0 Å². The van der Waals surface area contributed by atoms with Crippen molar-refractivity contribution in [2.24, 2.45) is 5.41 Å². The first-order valence-corrected chi connectivity index (χ1v) is 8.40. The van der Waals surface area contributed by atoms with Crippen LogP contribution in [0.3, 0.4) is 0 Å². The second-order valence-corrected chi connectivity index (χ2v) is 6.59. The van der Waals surface area contributed by atoms with Crippen LogP contribution in [0.25, 0.3) is 4.96 Å². The lowest BCUT2D eigenvalue weighted by atomic mass is 9.82. The zero-order valence-corrected chi connectivity index (χ0v) is 13.1. The van der Waals surface area contributed by atoms with Gasteiger partial charge in [-0.05, 0) is 24.7 Å². The Morgan fingerprint density at radius 3 is 2.84 bits per heavy atom. The number of fused-ring (bicyclic) bond motifs is 1.